The van der Waals surface area contributed by atoms with Crippen LogP contribution in [-0.4, -0.2) is 23.9 Å². The molecule has 1 aromatic rings. The van der Waals surface area contributed by atoms with Crippen LogP contribution in [0.3, 0.4) is 0 Å². The fourth-order valence-electron chi connectivity index (χ4n) is 2.21. The molecule has 1 aliphatic carbocycles. The van der Waals surface area contributed by atoms with Crippen LogP contribution in [0.4, 0.5) is 0 Å². The zero-order chi connectivity index (χ0) is 11.5. The van der Waals surface area contributed by atoms with Crippen molar-refractivity contribution in [1.82, 2.24) is 4.90 Å². The molecule has 3 heteroatoms. The number of rotatable bonds is 4. The van der Waals surface area contributed by atoms with E-state index in [1.54, 1.807) is 0 Å². The molecule has 0 atom stereocenters. The maximum Gasteiger partial charge on any atom is 0.0406 e. The number of benzene rings is 1. The third kappa shape index (κ3) is 3.38. The topological polar surface area (TPSA) is 3.24 Å². The predicted molar refractivity (Wildman–Crippen MR) is 70.2 cm³/mol. The molecule has 1 aliphatic rings. The minimum Gasteiger partial charge on any atom is -0.302 e. The summed E-state index contributed by atoms with van der Waals surface area (Å²) in [6.45, 7) is 2.13. The van der Waals surface area contributed by atoms with Crippen molar-refractivity contribution in [2.45, 2.75) is 24.8 Å². The lowest BCUT2D eigenvalue weighted by molar-refractivity contribution is 0.204. The van der Waals surface area contributed by atoms with Gasteiger partial charge < -0.3 is 4.90 Å². The molecule has 1 nitrogen and oxygen atoms in total. The third-order valence-corrected chi connectivity index (χ3v) is 3.72. The number of nitrogens with zero attached hydrogens (tertiary/aromatic N) is 1. The summed E-state index contributed by atoms with van der Waals surface area (Å²) in [5.74, 6) is 0.791. The second-order valence-corrected chi connectivity index (χ2v) is 5.81. The Hall–Kier alpha value is -0.240. The summed E-state index contributed by atoms with van der Waals surface area (Å²) in [5, 5.41) is 1.23. The fraction of sp³-hybridized carbons (Fsp3) is 0.538. The summed E-state index contributed by atoms with van der Waals surface area (Å²) in [5.41, 5.74) is 1.31. The van der Waals surface area contributed by atoms with E-state index >= 15 is 0 Å². The molecule has 0 aromatic heterocycles. The Morgan fingerprint density at radius 3 is 2.44 bits per heavy atom. The van der Waals surface area contributed by atoms with Crippen molar-refractivity contribution in [1.29, 1.82) is 0 Å². The minimum absolute atomic E-state index is 0.425. The Bertz CT molecular complexity index is 330. The average Bonchev–Trinajstić information content (AvgIpc) is 2.19. The van der Waals surface area contributed by atoms with E-state index in [-0.39, 0.29) is 0 Å². The van der Waals surface area contributed by atoms with Crippen LogP contribution in [0.1, 0.15) is 18.4 Å². The molecule has 0 radical (unpaired) electrons. The smallest absolute Gasteiger partial charge is 0.0406 e. The third-order valence-electron chi connectivity index (χ3n) is 3.11. The van der Waals surface area contributed by atoms with Crippen LogP contribution in [0.25, 0.3) is 0 Å². The van der Waals surface area contributed by atoms with Gasteiger partial charge in [-0.05, 0) is 43.5 Å². The second kappa shape index (κ2) is 5.39. The SMILES string of the molecule is CN(Cc1ccc(Cl)cc1)CC1CC(Cl)C1. The zero-order valence-electron chi connectivity index (χ0n) is 9.50. The molecule has 0 heterocycles. The van der Waals surface area contributed by atoms with Crippen molar-refractivity contribution >= 4 is 23.2 Å². The summed E-state index contributed by atoms with van der Waals surface area (Å²) in [7, 11) is 2.16. The normalized spacial score (nSPS) is 24.5. The lowest BCUT2D eigenvalue weighted by Gasteiger charge is -2.34. The van der Waals surface area contributed by atoms with E-state index in [0.717, 1.165) is 24.0 Å². The Morgan fingerprint density at radius 2 is 1.88 bits per heavy atom. The zero-order valence-corrected chi connectivity index (χ0v) is 11.0. The second-order valence-electron chi connectivity index (χ2n) is 4.76. The van der Waals surface area contributed by atoms with Gasteiger partial charge in [0.2, 0.25) is 0 Å². The van der Waals surface area contributed by atoms with Crippen molar-refractivity contribution in [3.63, 3.8) is 0 Å². The molecule has 2 rings (SSSR count). The predicted octanol–water partition coefficient (Wildman–Crippen LogP) is 3.79. The summed E-state index contributed by atoms with van der Waals surface area (Å²) in [6, 6.07) is 8.07. The van der Waals surface area contributed by atoms with Crippen molar-refractivity contribution in [3.8, 4) is 0 Å². The number of hydrogen-bond acceptors (Lipinski definition) is 1. The average molecular weight is 258 g/mol. The van der Waals surface area contributed by atoms with E-state index in [9.17, 15) is 0 Å². The Labute approximate surface area is 107 Å². The molecule has 0 bridgehead atoms. The van der Waals surface area contributed by atoms with Crippen molar-refractivity contribution < 1.29 is 0 Å². The van der Waals surface area contributed by atoms with Gasteiger partial charge in [0, 0.05) is 23.5 Å². The quantitative estimate of drug-likeness (QED) is 0.743. The molecule has 16 heavy (non-hydrogen) atoms. The van der Waals surface area contributed by atoms with Crippen LogP contribution >= 0.6 is 23.2 Å². The largest absolute Gasteiger partial charge is 0.302 e. The molecule has 0 saturated heterocycles. The van der Waals surface area contributed by atoms with Gasteiger partial charge in [-0.1, -0.05) is 23.7 Å². The monoisotopic (exact) mass is 257 g/mol. The highest BCUT2D eigenvalue weighted by atomic mass is 35.5. The van der Waals surface area contributed by atoms with Crippen LogP contribution in [0.2, 0.25) is 5.02 Å². The first-order chi connectivity index (χ1) is 7.63. The first-order valence-electron chi connectivity index (χ1n) is 5.70. The van der Waals surface area contributed by atoms with Crippen LogP contribution in [0, 0.1) is 5.92 Å². The van der Waals surface area contributed by atoms with Crippen LogP contribution in [0.15, 0.2) is 24.3 Å². The van der Waals surface area contributed by atoms with Crippen LogP contribution < -0.4 is 0 Å². The lowest BCUT2D eigenvalue weighted by Crippen LogP contribution is -2.34. The number of halogens is 2. The number of hydrogen-bond donors (Lipinski definition) is 0. The highest BCUT2D eigenvalue weighted by molar-refractivity contribution is 6.30. The van der Waals surface area contributed by atoms with Gasteiger partial charge in [0.05, 0.1) is 0 Å². The fourth-order valence-corrected chi connectivity index (χ4v) is 2.84. The summed E-state index contributed by atoms with van der Waals surface area (Å²) >= 11 is 11.8. The summed E-state index contributed by atoms with van der Waals surface area (Å²) in [6.07, 6.45) is 2.35. The maximum absolute atomic E-state index is 5.97. The molecule has 0 spiro atoms. The van der Waals surface area contributed by atoms with Gasteiger partial charge in [-0.25, -0.2) is 0 Å². The van der Waals surface area contributed by atoms with E-state index < -0.39 is 0 Å². The van der Waals surface area contributed by atoms with E-state index in [1.165, 1.54) is 18.4 Å². The maximum atomic E-state index is 5.97. The van der Waals surface area contributed by atoms with Gasteiger partial charge in [0.1, 0.15) is 0 Å². The van der Waals surface area contributed by atoms with Gasteiger partial charge in [0.25, 0.3) is 0 Å². The highest BCUT2D eigenvalue weighted by Gasteiger charge is 2.27. The Kier molecular flexibility index (Phi) is 4.12. The molecule has 88 valence electrons. The van der Waals surface area contributed by atoms with Gasteiger partial charge in [-0.15, -0.1) is 11.6 Å². The van der Waals surface area contributed by atoms with Crippen LogP contribution in [0.5, 0.6) is 0 Å². The summed E-state index contributed by atoms with van der Waals surface area (Å²) in [4.78, 5) is 2.36. The van der Waals surface area contributed by atoms with E-state index in [0.29, 0.717) is 5.38 Å². The van der Waals surface area contributed by atoms with Crippen molar-refractivity contribution in [2.24, 2.45) is 5.92 Å². The first-order valence-corrected chi connectivity index (χ1v) is 6.52. The lowest BCUT2D eigenvalue weighted by atomic mass is 9.84. The molecule has 0 unspecified atom stereocenters. The van der Waals surface area contributed by atoms with Gasteiger partial charge in [-0.2, -0.15) is 0 Å². The standard InChI is InChI=1S/C13H17Cl2N/c1-16(9-11-6-13(15)7-11)8-10-2-4-12(14)5-3-10/h2-5,11,13H,6-9H2,1H3. The number of alkyl halides is 1. The van der Waals surface area contributed by atoms with Crippen LogP contribution in [-0.2, 0) is 6.54 Å². The van der Waals surface area contributed by atoms with Gasteiger partial charge in [0.15, 0.2) is 0 Å². The van der Waals surface area contributed by atoms with E-state index in [1.807, 2.05) is 12.1 Å². The van der Waals surface area contributed by atoms with E-state index in [2.05, 4.69) is 24.1 Å². The van der Waals surface area contributed by atoms with Crippen molar-refractivity contribution in [2.75, 3.05) is 13.6 Å². The Morgan fingerprint density at radius 1 is 1.25 bits per heavy atom. The Balaban J connectivity index is 1.78. The molecule has 0 amide bonds. The highest BCUT2D eigenvalue weighted by Crippen LogP contribution is 2.32. The minimum atomic E-state index is 0.425. The molecule has 0 aliphatic heterocycles. The molecule has 1 fully saturated rings. The van der Waals surface area contributed by atoms with E-state index in [4.69, 9.17) is 23.2 Å². The molecule has 0 N–H and O–H groups in total. The molecular formula is C13H17Cl2N. The first kappa shape index (κ1) is 12.2. The van der Waals surface area contributed by atoms with Gasteiger partial charge in [-0.3, -0.25) is 0 Å². The van der Waals surface area contributed by atoms with Crippen molar-refractivity contribution in [3.05, 3.63) is 34.9 Å². The summed E-state index contributed by atoms with van der Waals surface area (Å²) < 4.78 is 0. The molecule has 1 aromatic carbocycles. The van der Waals surface area contributed by atoms with Gasteiger partial charge >= 0.3 is 0 Å². The molecular weight excluding hydrogens is 241 g/mol. The molecule has 1 saturated carbocycles.